The molecule has 0 bridgehead atoms. The lowest BCUT2D eigenvalue weighted by molar-refractivity contribution is 0.0693. The largest absolute Gasteiger partial charge is 0.493 e. The number of benzene rings is 1. The topological polar surface area (TPSA) is 81.7 Å². The van der Waals surface area contributed by atoms with Crippen molar-refractivity contribution in [2.75, 3.05) is 7.11 Å². The number of aromatic nitrogens is 1. The molecular formula is C21H21NO5. The van der Waals surface area contributed by atoms with E-state index in [9.17, 15) is 14.7 Å². The highest BCUT2D eigenvalue weighted by atomic mass is 16.5. The average molecular weight is 367 g/mol. The number of rotatable bonds is 2. The average Bonchev–Trinajstić information content (AvgIpc) is 2.98. The highest BCUT2D eigenvalue weighted by Gasteiger charge is 2.36. The molecule has 6 heteroatoms. The van der Waals surface area contributed by atoms with Crippen LogP contribution in [0.15, 0.2) is 39.7 Å². The van der Waals surface area contributed by atoms with E-state index in [1.807, 2.05) is 22.8 Å². The maximum Gasteiger partial charge on any atom is 0.341 e. The predicted octanol–water partition coefficient (Wildman–Crippen LogP) is 4.11. The van der Waals surface area contributed by atoms with Gasteiger partial charge in [-0.1, -0.05) is 32.9 Å². The molecule has 3 heterocycles. The molecular weight excluding hydrogens is 346 g/mol. The third-order valence-corrected chi connectivity index (χ3v) is 5.28. The van der Waals surface area contributed by atoms with E-state index in [1.165, 1.54) is 12.3 Å². The number of furan rings is 1. The zero-order valence-electron chi connectivity index (χ0n) is 15.7. The molecule has 1 N–H and O–H groups in total. The zero-order chi connectivity index (χ0) is 19.5. The van der Waals surface area contributed by atoms with Gasteiger partial charge in [-0.05, 0) is 17.9 Å². The van der Waals surface area contributed by atoms with Crippen molar-refractivity contribution in [3.63, 3.8) is 0 Å². The first kappa shape index (κ1) is 17.4. The van der Waals surface area contributed by atoms with E-state index < -0.39 is 11.4 Å². The lowest BCUT2D eigenvalue weighted by Crippen LogP contribution is -2.32. The van der Waals surface area contributed by atoms with Gasteiger partial charge in [-0.15, -0.1) is 0 Å². The number of carbonyl (C=O) groups is 1. The molecule has 2 aromatic heterocycles. The minimum Gasteiger partial charge on any atom is -0.493 e. The van der Waals surface area contributed by atoms with Gasteiger partial charge in [0.25, 0.3) is 0 Å². The first-order chi connectivity index (χ1) is 12.7. The van der Waals surface area contributed by atoms with Crippen LogP contribution < -0.4 is 10.2 Å². The normalized spacial score (nSPS) is 16.1. The molecule has 1 aliphatic heterocycles. The van der Waals surface area contributed by atoms with Crippen LogP contribution in [0.2, 0.25) is 0 Å². The van der Waals surface area contributed by atoms with Gasteiger partial charge in [-0.2, -0.15) is 0 Å². The van der Waals surface area contributed by atoms with Crippen LogP contribution >= 0.6 is 0 Å². The number of pyridine rings is 1. The van der Waals surface area contributed by atoms with E-state index in [0.717, 1.165) is 10.9 Å². The van der Waals surface area contributed by atoms with E-state index in [-0.39, 0.29) is 17.0 Å². The van der Waals surface area contributed by atoms with E-state index >= 15 is 0 Å². The minimum absolute atomic E-state index is 0.0225. The van der Waals surface area contributed by atoms with Gasteiger partial charge < -0.3 is 18.8 Å². The molecule has 0 spiro atoms. The van der Waals surface area contributed by atoms with Crippen molar-refractivity contribution >= 4 is 16.9 Å². The molecule has 3 aromatic rings. The van der Waals surface area contributed by atoms with Crippen LogP contribution in [0.4, 0.5) is 0 Å². The summed E-state index contributed by atoms with van der Waals surface area (Å²) in [6.07, 6.45) is 2.12. The summed E-state index contributed by atoms with van der Waals surface area (Å²) in [5, 5.41) is 10.3. The fourth-order valence-corrected chi connectivity index (χ4v) is 3.88. The Morgan fingerprint density at radius 1 is 1.33 bits per heavy atom. The maximum absolute atomic E-state index is 12.4. The second-order valence-electron chi connectivity index (χ2n) is 7.98. The fourth-order valence-electron chi connectivity index (χ4n) is 3.88. The quantitative estimate of drug-likeness (QED) is 0.737. The number of aromatic carboxylic acids is 1. The molecule has 0 amide bonds. The standard InChI is InChI=1S/C21H21NO5/c1-21(2,3)17-8-12-11-6-5-7-16(26-4)19(11)27-18(12)14-9-15(23)13(20(24)25)10-22(14)17/h5-7,9-10,17H,8H2,1-4H3,(H,24,25). The third-order valence-electron chi connectivity index (χ3n) is 5.28. The Kier molecular flexibility index (Phi) is 3.70. The number of hydrogen-bond donors (Lipinski definition) is 1. The number of para-hydroxylation sites is 1. The molecule has 1 unspecified atom stereocenters. The fraction of sp³-hybridized carbons (Fsp3) is 0.333. The Morgan fingerprint density at radius 3 is 2.70 bits per heavy atom. The van der Waals surface area contributed by atoms with Crippen LogP contribution in [0.25, 0.3) is 22.4 Å². The molecule has 140 valence electrons. The molecule has 1 aliphatic rings. The summed E-state index contributed by atoms with van der Waals surface area (Å²) in [7, 11) is 1.59. The van der Waals surface area contributed by atoms with Gasteiger partial charge in [-0.3, -0.25) is 4.79 Å². The zero-order valence-corrected chi connectivity index (χ0v) is 15.7. The van der Waals surface area contributed by atoms with Gasteiger partial charge in [0.15, 0.2) is 22.5 Å². The molecule has 27 heavy (non-hydrogen) atoms. The Morgan fingerprint density at radius 2 is 2.07 bits per heavy atom. The van der Waals surface area contributed by atoms with E-state index in [4.69, 9.17) is 9.15 Å². The molecule has 1 atom stereocenters. The summed E-state index contributed by atoms with van der Waals surface area (Å²) in [5.41, 5.74) is 1.35. The summed E-state index contributed by atoms with van der Waals surface area (Å²) in [4.78, 5) is 23.9. The summed E-state index contributed by atoms with van der Waals surface area (Å²) >= 11 is 0. The van der Waals surface area contributed by atoms with Crippen molar-refractivity contribution in [1.82, 2.24) is 4.57 Å². The number of carboxylic acid groups (broad SMARTS) is 1. The van der Waals surface area contributed by atoms with Crippen LogP contribution in [-0.2, 0) is 6.42 Å². The number of fused-ring (bicyclic) bond motifs is 5. The van der Waals surface area contributed by atoms with Crippen LogP contribution in [0.5, 0.6) is 5.75 Å². The van der Waals surface area contributed by atoms with Crippen molar-refractivity contribution in [3.8, 4) is 17.2 Å². The van der Waals surface area contributed by atoms with E-state index in [0.29, 0.717) is 29.2 Å². The van der Waals surface area contributed by atoms with Crippen LogP contribution in [-0.4, -0.2) is 22.8 Å². The highest BCUT2D eigenvalue weighted by Crippen LogP contribution is 2.47. The molecule has 4 rings (SSSR count). The van der Waals surface area contributed by atoms with Crippen molar-refractivity contribution < 1.29 is 19.1 Å². The van der Waals surface area contributed by atoms with E-state index in [2.05, 4.69) is 20.8 Å². The van der Waals surface area contributed by atoms with Crippen LogP contribution in [0.3, 0.4) is 0 Å². The lowest BCUT2D eigenvalue weighted by Gasteiger charge is -2.37. The molecule has 0 saturated heterocycles. The summed E-state index contributed by atoms with van der Waals surface area (Å²) in [6.45, 7) is 6.32. The first-order valence-electron chi connectivity index (χ1n) is 8.80. The predicted molar refractivity (Wildman–Crippen MR) is 102 cm³/mol. The Labute approximate surface area is 156 Å². The second-order valence-corrected chi connectivity index (χ2v) is 7.98. The lowest BCUT2D eigenvalue weighted by atomic mass is 9.80. The van der Waals surface area contributed by atoms with Gasteiger partial charge in [0.05, 0.1) is 12.8 Å². The highest BCUT2D eigenvalue weighted by molar-refractivity contribution is 5.92. The SMILES string of the molecule is COc1cccc2c3c(oc12)-c1cc(=O)c(C(=O)O)cn1C(C(C)(C)C)C3. The summed E-state index contributed by atoms with van der Waals surface area (Å²) in [6, 6.07) is 7.08. The number of hydrogen-bond acceptors (Lipinski definition) is 4. The van der Waals surface area contributed by atoms with Gasteiger partial charge in [0.2, 0.25) is 0 Å². The van der Waals surface area contributed by atoms with Gasteiger partial charge in [-0.25, -0.2) is 4.79 Å². The van der Waals surface area contributed by atoms with Crippen molar-refractivity contribution in [2.24, 2.45) is 5.41 Å². The molecule has 0 saturated carbocycles. The Hall–Kier alpha value is -3.02. The smallest absolute Gasteiger partial charge is 0.341 e. The number of nitrogens with zero attached hydrogens (tertiary/aromatic N) is 1. The monoisotopic (exact) mass is 367 g/mol. The minimum atomic E-state index is -1.22. The molecule has 0 radical (unpaired) electrons. The van der Waals surface area contributed by atoms with Crippen molar-refractivity contribution in [2.45, 2.75) is 33.2 Å². The molecule has 0 fully saturated rings. The Balaban J connectivity index is 2.08. The molecule has 6 nitrogen and oxygen atoms in total. The maximum atomic E-state index is 12.4. The van der Waals surface area contributed by atoms with Gasteiger partial charge in [0, 0.05) is 29.3 Å². The number of carboxylic acids is 1. The Bertz CT molecular complexity index is 1130. The first-order valence-corrected chi connectivity index (χ1v) is 8.80. The molecule has 1 aromatic carbocycles. The number of methoxy groups -OCH3 is 1. The summed E-state index contributed by atoms with van der Waals surface area (Å²) < 4.78 is 13.4. The van der Waals surface area contributed by atoms with E-state index in [1.54, 1.807) is 7.11 Å². The van der Waals surface area contributed by atoms with Gasteiger partial charge in [0.1, 0.15) is 5.56 Å². The van der Waals surface area contributed by atoms with Crippen molar-refractivity contribution in [1.29, 1.82) is 0 Å². The number of ether oxygens (including phenoxy) is 1. The third kappa shape index (κ3) is 2.55. The second kappa shape index (κ2) is 5.74. The molecule has 0 aliphatic carbocycles. The summed E-state index contributed by atoms with van der Waals surface area (Å²) in [5.74, 6) is 0.00864. The van der Waals surface area contributed by atoms with Crippen LogP contribution in [0.1, 0.15) is 42.7 Å². The van der Waals surface area contributed by atoms with Gasteiger partial charge >= 0.3 is 5.97 Å². The van der Waals surface area contributed by atoms with Crippen molar-refractivity contribution in [3.05, 3.63) is 51.8 Å². The van der Waals surface area contributed by atoms with Crippen LogP contribution in [0, 0.1) is 5.41 Å².